The van der Waals surface area contributed by atoms with E-state index in [1.165, 1.54) is 6.92 Å². The molecule has 1 saturated carbocycles. The van der Waals surface area contributed by atoms with Crippen LogP contribution in [-0.4, -0.2) is 30.7 Å². The van der Waals surface area contributed by atoms with Crippen LogP contribution >= 0.6 is 11.3 Å². The Morgan fingerprint density at radius 3 is 2.56 bits per heavy atom. The predicted molar refractivity (Wildman–Crippen MR) is 59.0 cm³/mol. The number of aromatic amines is 1. The average molecular weight is 264 g/mol. The Balaban J connectivity index is 2.33. The standard InChI is InChI=1S/C8H12N2O4S2/c1-5-6(15-7(12)9-5)16(13,14)10-8(4-11)2-3-8/h10-11H,2-4H2,1H3,(H,9,12). The molecular formula is C8H12N2O4S2. The Kier molecular flexibility index (Phi) is 2.69. The van der Waals surface area contributed by atoms with Crippen molar-refractivity contribution in [3.63, 3.8) is 0 Å². The molecule has 3 N–H and O–H groups in total. The van der Waals surface area contributed by atoms with Crippen LogP contribution in [0.5, 0.6) is 0 Å². The Labute approximate surface area is 96.4 Å². The summed E-state index contributed by atoms with van der Waals surface area (Å²) in [6.45, 7) is 1.32. The molecule has 0 atom stereocenters. The summed E-state index contributed by atoms with van der Waals surface area (Å²) in [5.41, 5.74) is -0.380. The largest absolute Gasteiger partial charge is 0.394 e. The van der Waals surface area contributed by atoms with Gasteiger partial charge in [0.1, 0.15) is 0 Å². The molecule has 0 saturated heterocycles. The zero-order chi connectivity index (χ0) is 12.0. The SMILES string of the molecule is Cc1[nH]c(=O)sc1S(=O)(=O)NC1(CO)CC1. The lowest BCUT2D eigenvalue weighted by molar-refractivity contribution is 0.246. The van der Waals surface area contributed by atoms with Crippen molar-refractivity contribution in [3.05, 3.63) is 15.4 Å². The summed E-state index contributed by atoms with van der Waals surface area (Å²) in [5.74, 6) is 0. The summed E-state index contributed by atoms with van der Waals surface area (Å²) in [7, 11) is -3.70. The van der Waals surface area contributed by atoms with Gasteiger partial charge in [-0.1, -0.05) is 11.3 Å². The van der Waals surface area contributed by atoms with Gasteiger partial charge in [0.05, 0.1) is 12.1 Å². The van der Waals surface area contributed by atoms with Crippen LogP contribution in [0.2, 0.25) is 0 Å². The van der Waals surface area contributed by atoms with E-state index in [-0.39, 0.29) is 10.8 Å². The van der Waals surface area contributed by atoms with Gasteiger partial charge in [-0.25, -0.2) is 13.1 Å². The second-order valence-electron chi connectivity index (χ2n) is 3.97. The number of hydrogen-bond acceptors (Lipinski definition) is 5. The van der Waals surface area contributed by atoms with Crippen LogP contribution < -0.4 is 9.60 Å². The number of aromatic nitrogens is 1. The summed E-state index contributed by atoms with van der Waals surface area (Å²) in [6.07, 6.45) is 1.25. The normalized spacial score (nSPS) is 18.6. The van der Waals surface area contributed by atoms with Gasteiger partial charge in [0.2, 0.25) is 0 Å². The molecule has 0 aliphatic heterocycles. The van der Waals surface area contributed by atoms with E-state index in [4.69, 9.17) is 5.11 Å². The van der Waals surface area contributed by atoms with E-state index in [1.54, 1.807) is 0 Å². The van der Waals surface area contributed by atoms with Gasteiger partial charge >= 0.3 is 4.87 Å². The minimum Gasteiger partial charge on any atom is -0.394 e. The third-order valence-corrected chi connectivity index (χ3v) is 5.72. The van der Waals surface area contributed by atoms with E-state index in [1.807, 2.05) is 0 Å². The molecule has 0 amide bonds. The maximum atomic E-state index is 11.9. The van der Waals surface area contributed by atoms with E-state index in [2.05, 4.69) is 9.71 Å². The lowest BCUT2D eigenvalue weighted by Crippen LogP contribution is -2.39. The van der Waals surface area contributed by atoms with Crippen LogP contribution in [0.25, 0.3) is 0 Å². The number of aryl methyl sites for hydroxylation is 1. The van der Waals surface area contributed by atoms with Crippen molar-refractivity contribution in [2.75, 3.05) is 6.61 Å². The molecule has 6 nitrogen and oxygen atoms in total. The molecule has 1 heterocycles. The predicted octanol–water partition coefficient (Wildman–Crippen LogP) is -0.452. The van der Waals surface area contributed by atoms with Crippen LogP contribution in [0.3, 0.4) is 0 Å². The number of rotatable bonds is 4. The molecule has 90 valence electrons. The quantitative estimate of drug-likeness (QED) is 0.685. The second-order valence-corrected chi connectivity index (χ2v) is 6.83. The molecule has 1 aliphatic carbocycles. The fourth-order valence-electron chi connectivity index (χ4n) is 1.42. The summed E-state index contributed by atoms with van der Waals surface area (Å²) in [6, 6.07) is 0. The Morgan fingerprint density at radius 2 is 2.19 bits per heavy atom. The fourth-order valence-corrected chi connectivity index (χ4v) is 4.17. The first-order valence-electron chi connectivity index (χ1n) is 4.73. The highest BCUT2D eigenvalue weighted by Gasteiger charge is 2.46. The van der Waals surface area contributed by atoms with Crippen LogP contribution in [0.4, 0.5) is 0 Å². The smallest absolute Gasteiger partial charge is 0.305 e. The highest BCUT2D eigenvalue weighted by Crippen LogP contribution is 2.36. The Morgan fingerprint density at radius 1 is 1.56 bits per heavy atom. The number of nitrogens with one attached hydrogen (secondary N) is 2. The Bertz CT molecular complexity index is 553. The van der Waals surface area contributed by atoms with Gasteiger partial charge in [-0.3, -0.25) is 4.79 Å². The van der Waals surface area contributed by atoms with Gasteiger partial charge in [0.15, 0.2) is 4.21 Å². The molecular weight excluding hydrogens is 252 g/mol. The molecule has 8 heteroatoms. The van der Waals surface area contributed by atoms with Gasteiger partial charge in [-0.2, -0.15) is 0 Å². The molecule has 1 aliphatic rings. The van der Waals surface area contributed by atoms with E-state index >= 15 is 0 Å². The first kappa shape index (κ1) is 11.8. The first-order valence-corrected chi connectivity index (χ1v) is 7.03. The molecule has 1 fully saturated rings. The third-order valence-electron chi connectivity index (χ3n) is 2.53. The maximum absolute atomic E-state index is 11.9. The van der Waals surface area contributed by atoms with Crippen molar-refractivity contribution in [3.8, 4) is 0 Å². The van der Waals surface area contributed by atoms with E-state index < -0.39 is 20.4 Å². The van der Waals surface area contributed by atoms with E-state index in [0.717, 1.165) is 0 Å². The number of H-pyrrole nitrogens is 1. The molecule has 0 radical (unpaired) electrons. The van der Waals surface area contributed by atoms with Crippen molar-refractivity contribution in [1.82, 2.24) is 9.71 Å². The molecule has 1 aromatic heterocycles. The molecule has 0 bridgehead atoms. The number of aliphatic hydroxyl groups is 1. The number of thiazole rings is 1. The maximum Gasteiger partial charge on any atom is 0.305 e. The molecule has 1 aromatic rings. The van der Waals surface area contributed by atoms with Crippen LogP contribution in [0.15, 0.2) is 9.00 Å². The highest BCUT2D eigenvalue weighted by atomic mass is 32.2. The number of hydrogen-bond donors (Lipinski definition) is 3. The minimum absolute atomic E-state index is 0.00257. The summed E-state index contributed by atoms with van der Waals surface area (Å²) in [4.78, 5) is 13.1. The zero-order valence-electron chi connectivity index (χ0n) is 8.61. The van der Waals surface area contributed by atoms with Crippen LogP contribution in [0, 0.1) is 6.92 Å². The van der Waals surface area contributed by atoms with Gasteiger partial charge in [0, 0.05) is 5.69 Å². The lowest BCUT2D eigenvalue weighted by atomic mass is 10.3. The van der Waals surface area contributed by atoms with Crippen molar-refractivity contribution >= 4 is 21.4 Å². The van der Waals surface area contributed by atoms with Gasteiger partial charge < -0.3 is 10.1 Å². The molecule has 0 aromatic carbocycles. The van der Waals surface area contributed by atoms with Gasteiger partial charge in [-0.15, -0.1) is 0 Å². The second kappa shape index (κ2) is 3.66. The molecule has 16 heavy (non-hydrogen) atoms. The van der Waals surface area contributed by atoms with Gasteiger partial charge in [-0.05, 0) is 19.8 Å². The number of sulfonamides is 1. The first-order chi connectivity index (χ1) is 7.38. The van der Waals surface area contributed by atoms with Crippen molar-refractivity contribution < 1.29 is 13.5 Å². The summed E-state index contributed by atoms with van der Waals surface area (Å²) < 4.78 is 26.3. The fraction of sp³-hybridized carbons (Fsp3) is 0.625. The third kappa shape index (κ3) is 2.05. The van der Waals surface area contributed by atoms with Crippen LogP contribution in [0.1, 0.15) is 18.5 Å². The summed E-state index contributed by atoms with van der Waals surface area (Å²) in [5, 5.41) is 9.05. The molecule has 0 unspecified atom stereocenters. The van der Waals surface area contributed by atoms with Crippen molar-refractivity contribution in [2.45, 2.75) is 29.5 Å². The molecule has 0 spiro atoms. The van der Waals surface area contributed by atoms with E-state index in [9.17, 15) is 13.2 Å². The lowest BCUT2D eigenvalue weighted by Gasteiger charge is -2.13. The van der Waals surface area contributed by atoms with Crippen molar-refractivity contribution in [2.24, 2.45) is 0 Å². The van der Waals surface area contributed by atoms with E-state index in [0.29, 0.717) is 29.9 Å². The minimum atomic E-state index is -3.70. The number of aliphatic hydroxyl groups excluding tert-OH is 1. The average Bonchev–Trinajstić information content (AvgIpc) is 2.85. The van der Waals surface area contributed by atoms with Crippen LogP contribution in [-0.2, 0) is 10.0 Å². The Hall–Kier alpha value is -0.700. The topological polar surface area (TPSA) is 99.3 Å². The van der Waals surface area contributed by atoms with Crippen molar-refractivity contribution in [1.29, 1.82) is 0 Å². The van der Waals surface area contributed by atoms with Gasteiger partial charge in [0.25, 0.3) is 10.0 Å². The summed E-state index contributed by atoms with van der Waals surface area (Å²) >= 11 is 0.657. The highest BCUT2D eigenvalue weighted by molar-refractivity contribution is 7.91. The monoisotopic (exact) mass is 264 g/mol. The zero-order valence-corrected chi connectivity index (χ0v) is 10.2. The molecule has 2 rings (SSSR count).